The Morgan fingerprint density at radius 2 is 1.32 bits per heavy atom. The maximum absolute atomic E-state index is 14.7. The summed E-state index contributed by atoms with van der Waals surface area (Å²) in [5.74, 6) is -5.92. The molecule has 3 heterocycles. The van der Waals surface area contributed by atoms with Crippen LogP contribution in [0.3, 0.4) is 0 Å². The molecule has 1 fully saturated rings. The first-order valence-electron chi connectivity index (χ1n) is 25.7. The van der Waals surface area contributed by atoms with E-state index in [-0.39, 0.29) is 64.0 Å². The van der Waals surface area contributed by atoms with Gasteiger partial charge in [-0.2, -0.15) is 0 Å². The van der Waals surface area contributed by atoms with E-state index in [2.05, 4.69) is 64.1 Å². The molecule has 0 aliphatic carbocycles. The second-order valence-electron chi connectivity index (χ2n) is 18.7. The van der Waals surface area contributed by atoms with Crippen LogP contribution in [0.4, 0.5) is 0 Å². The molecule has 5 rings (SSSR count). The number of guanidine groups is 1. The van der Waals surface area contributed by atoms with E-state index in [4.69, 9.17) is 17.2 Å². The summed E-state index contributed by atoms with van der Waals surface area (Å²) in [6.07, 6.45) is 11.6. The van der Waals surface area contributed by atoms with E-state index in [0.29, 0.717) is 36.1 Å². The maximum Gasteiger partial charge on any atom is 0.243 e. The number of H-pyrrole nitrogens is 2. The number of hydrogen-bond acceptors (Lipinski definition) is 10. The van der Waals surface area contributed by atoms with Crippen LogP contribution in [-0.4, -0.2) is 118 Å². The van der Waals surface area contributed by atoms with Gasteiger partial charge in [0.15, 0.2) is 5.96 Å². The third kappa shape index (κ3) is 19.3. The van der Waals surface area contributed by atoms with Crippen LogP contribution in [0.25, 0.3) is 10.9 Å². The van der Waals surface area contributed by atoms with E-state index in [0.717, 1.165) is 49.4 Å². The lowest BCUT2D eigenvalue weighted by Crippen LogP contribution is -2.60. The summed E-state index contributed by atoms with van der Waals surface area (Å²) < 4.78 is 0. The minimum absolute atomic E-state index is 0.0248. The quantitative estimate of drug-likeness (QED) is 0.0339. The number of aromatic amines is 2. The lowest BCUT2D eigenvalue weighted by Gasteiger charge is -2.27. The van der Waals surface area contributed by atoms with Crippen LogP contribution < -0.4 is 54.4 Å². The van der Waals surface area contributed by atoms with E-state index < -0.39 is 89.9 Å². The standard InChI is InChI=1S/C52H74N14O8/c1-2-3-4-5-6-7-11-23-44(67)61-43-29-45(68)57-24-15-14-21-38(46(53)69)62-49(72)41(27-34-30-59-37-20-13-12-19-36(34)37)65-47(70)39(22-16-25-58-52(54)55)63-48(71)40(26-33-17-9-8-10-18-33)64-50(73)42(66-51(43)74)28-35-31-56-32-60-35/h8-10,12-13,17-20,30-32,38-43,59H,2-7,11,14-16,21-29H2,1H3,(H2,53,69)(H,56,60)(H,57,68)(H,61,67)(H,62,72)(H,63,71)(H,64,73)(H,65,70)(H,66,74)(H4,54,55,58)/t38-,39-,40+,41-,42?,43?/m0/s1. The van der Waals surface area contributed by atoms with Crippen molar-refractivity contribution in [2.45, 2.75) is 152 Å². The molecule has 22 nitrogen and oxygen atoms in total. The van der Waals surface area contributed by atoms with Crippen molar-refractivity contribution in [2.24, 2.45) is 22.2 Å². The number of nitrogens with two attached hydrogens (primary N) is 3. The van der Waals surface area contributed by atoms with Gasteiger partial charge in [-0.05, 0) is 55.7 Å². The fourth-order valence-electron chi connectivity index (χ4n) is 8.71. The highest BCUT2D eigenvalue weighted by atomic mass is 16.2. The average Bonchev–Trinajstić information content (AvgIpc) is 4.05. The molecule has 400 valence electrons. The van der Waals surface area contributed by atoms with E-state index in [9.17, 15) is 38.4 Å². The zero-order valence-corrected chi connectivity index (χ0v) is 42.2. The predicted molar refractivity (Wildman–Crippen MR) is 279 cm³/mol. The number of amides is 8. The molecule has 1 saturated heterocycles. The highest BCUT2D eigenvalue weighted by molar-refractivity contribution is 5.98. The Morgan fingerprint density at radius 1 is 0.689 bits per heavy atom. The number of unbranched alkanes of at least 4 members (excludes halogenated alkanes) is 6. The second kappa shape index (κ2) is 30.3. The normalized spacial score (nSPS) is 21.0. The molecule has 0 saturated carbocycles. The molecule has 8 amide bonds. The lowest BCUT2D eigenvalue weighted by atomic mass is 10.0. The third-order valence-corrected chi connectivity index (χ3v) is 12.8. The van der Waals surface area contributed by atoms with Crippen molar-refractivity contribution in [1.82, 2.24) is 52.2 Å². The SMILES string of the molecule is CCCCCCCCCC(=O)NC1CC(=O)NCCCC[C@@H](C(N)=O)NC(=O)[C@H](Cc2c[nH]c3ccccc23)NC(=O)[C@H](CCCN=C(N)N)NC(=O)[C@@H](Cc2ccccc2)NC(=O)C(Cc2cnc[nH]2)NC1=O. The number of fused-ring (bicyclic) bond motifs is 1. The van der Waals surface area contributed by atoms with Crippen LogP contribution in [-0.2, 0) is 57.6 Å². The number of benzene rings is 2. The Balaban J connectivity index is 1.50. The molecule has 2 aromatic carbocycles. The first kappa shape index (κ1) is 57.1. The molecule has 15 N–H and O–H groups in total. The van der Waals surface area contributed by atoms with Crippen LogP contribution in [0.2, 0.25) is 0 Å². The zero-order valence-electron chi connectivity index (χ0n) is 42.2. The van der Waals surface area contributed by atoms with Crippen LogP contribution in [0, 0.1) is 0 Å². The number of imidazole rings is 1. The Bertz CT molecular complexity index is 2490. The highest BCUT2D eigenvalue weighted by Gasteiger charge is 2.35. The van der Waals surface area contributed by atoms with Crippen LogP contribution in [0.15, 0.2) is 78.3 Å². The number of nitrogens with zero attached hydrogens (tertiary/aromatic N) is 2. The van der Waals surface area contributed by atoms with Gasteiger partial charge in [0.25, 0.3) is 0 Å². The lowest BCUT2D eigenvalue weighted by molar-refractivity contribution is -0.136. The zero-order chi connectivity index (χ0) is 53.2. The number of rotatable bonds is 20. The van der Waals surface area contributed by atoms with Gasteiger partial charge in [0, 0.05) is 67.8 Å². The first-order chi connectivity index (χ1) is 35.7. The first-order valence-corrected chi connectivity index (χ1v) is 25.7. The van der Waals surface area contributed by atoms with E-state index in [1.165, 1.54) is 12.5 Å². The minimum atomic E-state index is -1.40. The monoisotopic (exact) mass is 1020 g/mol. The summed E-state index contributed by atoms with van der Waals surface area (Å²) >= 11 is 0. The van der Waals surface area contributed by atoms with E-state index in [1.807, 2.05) is 24.3 Å². The second-order valence-corrected chi connectivity index (χ2v) is 18.7. The number of aromatic nitrogens is 3. The summed E-state index contributed by atoms with van der Waals surface area (Å²) in [7, 11) is 0. The molecule has 4 aromatic rings. The summed E-state index contributed by atoms with van der Waals surface area (Å²) in [5, 5.41) is 20.1. The number of nitrogens with one attached hydrogen (secondary N) is 9. The fraction of sp³-hybridized carbons (Fsp3) is 0.500. The molecule has 6 atom stereocenters. The highest BCUT2D eigenvalue weighted by Crippen LogP contribution is 2.20. The molecule has 1 aliphatic rings. The summed E-state index contributed by atoms with van der Waals surface area (Å²) in [4.78, 5) is 126. The van der Waals surface area contributed by atoms with Crippen LogP contribution >= 0.6 is 0 Å². The molecule has 2 aromatic heterocycles. The summed E-state index contributed by atoms with van der Waals surface area (Å²) in [6.45, 7) is 2.33. The average molecular weight is 1020 g/mol. The van der Waals surface area contributed by atoms with Crippen molar-refractivity contribution in [3.63, 3.8) is 0 Å². The van der Waals surface area contributed by atoms with Gasteiger partial charge >= 0.3 is 0 Å². The van der Waals surface area contributed by atoms with Crippen LogP contribution in [0.1, 0.15) is 114 Å². The minimum Gasteiger partial charge on any atom is -0.370 e. The third-order valence-electron chi connectivity index (χ3n) is 12.8. The van der Waals surface area contributed by atoms with Crippen molar-refractivity contribution in [2.75, 3.05) is 13.1 Å². The van der Waals surface area contributed by atoms with Gasteiger partial charge in [-0.1, -0.05) is 94.0 Å². The predicted octanol–water partition coefficient (Wildman–Crippen LogP) is 1.20. The fourth-order valence-corrected chi connectivity index (χ4v) is 8.71. The van der Waals surface area contributed by atoms with E-state index >= 15 is 0 Å². The van der Waals surface area contributed by atoms with Crippen molar-refractivity contribution < 1.29 is 38.4 Å². The number of hydrogen-bond donors (Lipinski definition) is 12. The van der Waals surface area contributed by atoms with E-state index in [1.54, 1.807) is 36.5 Å². The van der Waals surface area contributed by atoms with Crippen molar-refractivity contribution in [3.05, 3.63) is 90.1 Å². The molecule has 74 heavy (non-hydrogen) atoms. The topological polar surface area (TPSA) is 356 Å². The molecule has 2 unspecified atom stereocenters. The largest absolute Gasteiger partial charge is 0.370 e. The number of para-hydroxylation sites is 1. The van der Waals surface area contributed by atoms with Crippen LogP contribution in [0.5, 0.6) is 0 Å². The number of aliphatic imine (C=N–C) groups is 1. The molecule has 0 bridgehead atoms. The van der Waals surface area contributed by atoms with Gasteiger partial charge in [0.2, 0.25) is 47.3 Å². The smallest absolute Gasteiger partial charge is 0.243 e. The Hall–Kier alpha value is -7.78. The Kier molecular flexibility index (Phi) is 23.4. The van der Waals surface area contributed by atoms with Gasteiger partial charge in [-0.15, -0.1) is 0 Å². The van der Waals surface area contributed by atoms with Crippen molar-refractivity contribution in [1.29, 1.82) is 0 Å². The maximum atomic E-state index is 14.7. The van der Waals surface area contributed by atoms with Crippen molar-refractivity contribution in [3.8, 4) is 0 Å². The Labute approximate surface area is 431 Å². The number of primary amides is 1. The van der Waals surface area contributed by atoms with Gasteiger partial charge in [0.05, 0.1) is 12.7 Å². The van der Waals surface area contributed by atoms with Gasteiger partial charge in [-0.25, -0.2) is 4.98 Å². The molecular formula is C52H74N14O8. The molecule has 1 aliphatic heterocycles. The number of carbonyl (C=O) groups excluding carboxylic acids is 8. The van der Waals surface area contributed by atoms with Gasteiger partial charge in [-0.3, -0.25) is 43.3 Å². The Morgan fingerprint density at radius 3 is 2.03 bits per heavy atom. The number of carbonyl (C=O) groups is 8. The molecule has 0 radical (unpaired) electrons. The van der Waals surface area contributed by atoms with Gasteiger partial charge in [0.1, 0.15) is 36.3 Å². The molecular weight excluding hydrogens is 949 g/mol. The molecule has 0 spiro atoms. The van der Waals surface area contributed by atoms with Gasteiger partial charge < -0.3 is 64.4 Å². The van der Waals surface area contributed by atoms with Crippen molar-refractivity contribution >= 4 is 64.1 Å². The molecule has 22 heteroatoms. The summed E-state index contributed by atoms with van der Waals surface area (Å²) in [5.41, 5.74) is 19.5. The summed E-state index contributed by atoms with van der Waals surface area (Å²) in [6, 6.07) is 8.28.